The minimum Gasteiger partial charge on any atom is -0.488 e. The van der Waals surface area contributed by atoms with Gasteiger partial charge in [0, 0.05) is 5.56 Å². The first-order chi connectivity index (χ1) is 9.09. The van der Waals surface area contributed by atoms with Crippen LogP contribution in [0.3, 0.4) is 0 Å². The molecule has 0 aromatic heterocycles. The molecule has 3 nitrogen and oxygen atoms in total. The van der Waals surface area contributed by atoms with Crippen LogP contribution in [0.15, 0.2) is 46.9 Å². The molecule has 4 heteroatoms. The number of hydrogen-bond acceptors (Lipinski definition) is 3. The van der Waals surface area contributed by atoms with Crippen LogP contribution in [-0.4, -0.2) is 5.78 Å². The van der Waals surface area contributed by atoms with E-state index < -0.39 is 0 Å². The lowest BCUT2D eigenvalue weighted by Crippen LogP contribution is -2.03. The maximum Gasteiger partial charge on any atom is 0.161 e. The molecule has 0 bridgehead atoms. The number of rotatable bonds is 4. The van der Waals surface area contributed by atoms with Gasteiger partial charge in [-0.25, -0.2) is 0 Å². The molecule has 2 N–H and O–H groups in total. The zero-order valence-corrected chi connectivity index (χ0v) is 12.1. The van der Waals surface area contributed by atoms with E-state index in [9.17, 15) is 4.79 Å². The summed E-state index contributed by atoms with van der Waals surface area (Å²) in [7, 11) is 0. The fourth-order valence-corrected chi connectivity index (χ4v) is 2.19. The molecule has 0 amide bonds. The second-order valence-electron chi connectivity index (χ2n) is 4.17. The third-order valence-corrected chi connectivity index (χ3v) is 3.58. The lowest BCUT2D eigenvalue weighted by molar-refractivity contribution is 0.101. The van der Waals surface area contributed by atoms with Crippen LogP contribution in [-0.2, 0) is 6.61 Å². The highest BCUT2D eigenvalue weighted by Gasteiger charge is 2.12. The van der Waals surface area contributed by atoms with E-state index in [0.29, 0.717) is 28.1 Å². The molecule has 98 valence electrons. The molecule has 0 unspecified atom stereocenters. The molecule has 0 radical (unpaired) electrons. The average Bonchev–Trinajstić information content (AvgIpc) is 2.41. The zero-order chi connectivity index (χ0) is 13.8. The Kier molecular flexibility index (Phi) is 4.22. The van der Waals surface area contributed by atoms with Crippen molar-refractivity contribution in [3.05, 3.63) is 58.1 Å². The molecule has 2 rings (SSSR count). The predicted molar refractivity (Wildman–Crippen MR) is 79.3 cm³/mol. The van der Waals surface area contributed by atoms with Gasteiger partial charge in [-0.3, -0.25) is 4.79 Å². The average molecular weight is 320 g/mol. The molecule has 2 aromatic rings. The van der Waals surface area contributed by atoms with Crippen LogP contribution in [0.2, 0.25) is 0 Å². The van der Waals surface area contributed by atoms with E-state index in [2.05, 4.69) is 15.9 Å². The first kappa shape index (κ1) is 13.6. The Balaban J connectivity index is 2.18. The Labute approximate surface area is 120 Å². The molecule has 0 spiro atoms. The third kappa shape index (κ3) is 3.15. The van der Waals surface area contributed by atoms with Crippen LogP contribution in [0.1, 0.15) is 22.8 Å². The quantitative estimate of drug-likeness (QED) is 0.688. The van der Waals surface area contributed by atoms with Gasteiger partial charge in [0.2, 0.25) is 0 Å². The normalized spacial score (nSPS) is 10.2. The minimum absolute atomic E-state index is 0.0622. The summed E-state index contributed by atoms with van der Waals surface area (Å²) in [5.41, 5.74) is 7.89. The summed E-state index contributed by atoms with van der Waals surface area (Å²) >= 11 is 3.37. The maximum atomic E-state index is 11.4. The predicted octanol–water partition coefficient (Wildman–Crippen LogP) is 3.81. The van der Waals surface area contributed by atoms with Crippen molar-refractivity contribution in [2.75, 3.05) is 5.73 Å². The molecule has 0 atom stereocenters. The minimum atomic E-state index is -0.0622. The molecule has 2 aromatic carbocycles. The number of carbonyl (C=O) groups is 1. The van der Waals surface area contributed by atoms with Crippen molar-refractivity contribution in [1.29, 1.82) is 0 Å². The summed E-state index contributed by atoms with van der Waals surface area (Å²) in [5.74, 6) is 0.569. The highest BCUT2D eigenvalue weighted by atomic mass is 79.9. The van der Waals surface area contributed by atoms with E-state index in [1.807, 2.05) is 30.3 Å². The Morgan fingerprint density at radius 3 is 2.53 bits per heavy atom. The van der Waals surface area contributed by atoms with Gasteiger partial charge in [-0.2, -0.15) is 0 Å². The Bertz CT molecular complexity index is 597. The number of ether oxygens (including phenoxy) is 1. The van der Waals surface area contributed by atoms with Gasteiger partial charge in [0.1, 0.15) is 12.4 Å². The van der Waals surface area contributed by atoms with Crippen LogP contribution < -0.4 is 10.5 Å². The number of carbonyl (C=O) groups excluding carboxylic acids is 1. The van der Waals surface area contributed by atoms with Crippen molar-refractivity contribution in [2.45, 2.75) is 13.5 Å². The van der Waals surface area contributed by atoms with Crippen molar-refractivity contribution in [2.24, 2.45) is 0 Å². The number of benzene rings is 2. The van der Waals surface area contributed by atoms with Crippen LogP contribution in [0.25, 0.3) is 0 Å². The summed E-state index contributed by atoms with van der Waals surface area (Å²) in [6, 6.07) is 13.3. The van der Waals surface area contributed by atoms with E-state index in [-0.39, 0.29) is 5.78 Å². The summed E-state index contributed by atoms with van der Waals surface area (Å²) < 4.78 is 6.32. The molecule has 0 aliphatic carbocycles. The Morgan fingerprint density at radius 2 is 1.89 bits per heavy atom. The topological polar surface area (TPSA) is 52.3 Å². The van der Waals surface area contributed by atoms with Gasteiger partial charge in [-0.05, 0) is 40.5 Å². The number of anilines is 1. The summed E-state index contributed by atoms with van der Waals surface area (Å²) in [6.45, 7) is 1.95. The fourth-order valence-electron chi connectivity index (χ4n) is 1.73. The van der Waals surface area contributed by atoms with E-state index in [1.54, 1.807) is 12.1 Å². The Morgan fingerprint density at radius 1 is 1.21 bits per heavy atom. The van der Waals surface area contributed by atoms with Gasteiger partial charge in [0.15, 0.2) is 5.78 Å². The number of nitrogen functional groups attached to an aromatic ring is 1. The first-order valence-electron chi connectivity index (χ1n) is 5.85. The second-order valence-corrected chi connectivity index (χ2v) is 4.96. The number of Topliss-reactive ketones (excluding diaryl/α,β-unsaturated/α-hetero) is 1. The molecular formula is C15H14BrNO2. The number of nitrogens with two attached hydrogens (primary N) is 1. The molecule has 0 aliphatic rings. The van der Waals surface area contributed by atoms with E-state index in [0.717, 1.165) is 5.56 Å². The van der Waals surface area contributed by atoms with Crippen LogP contribution in [0, 0.1) is 0 Å². The SMILES string of the molecule is CC(=O)c1ccc(OCc2ccccc2)c(Br)c1N. The van der Waals surface area contributed by atoms with Crippen molar-refractivity contribution < 1.29 is 9.53 Å². The third-order valence-electron chi connectivity index (χ3n) is 2.76. The maximum absolute atomic E-state index is 11.4. The van der Waals surface area contributed by atoms with Gasteiger partial charge >= 0.3 is 0 Å². The molecule has 0 aliphatic heterocycles. The molecule has 0 heterocycles. The lowest BCUT2D eigenvalue weighted by atomic mass is 10.1. The van der Waals surface area contributed by atoms with E-state index in [1.165, 1.54) is 6.92 Å². The van der Waals surface area contributed by atoms with Gasteiger partial charge < -0.3 is 10.5 Å². The van der Waals surface area contributed by atoms with Crippen molar-refractivity contribution in [3.63, 3.8) is 0 Å². The molecule has 0 saturated heterocycles. The fraction of sp³-hybridized carbons (Fsp3) is 0.133. The number of hydrogen-bond donors (Lipinski definition) is 1. The van der Waals surface area contributed by atoms with Crippen LogP contribution >= 0.6 is 15.9 Å². The molecule has 0 saturated carbocycles. The highest BCUT2D eigenvalue weighted by molar-refractivity contribution is 9.10. The van der Waals surface area contributed by atoms with Crippen molar-refractivity contribution >= 4 is 27.4 Å². The summed E-state index contributed by atoms with van der Waals surface area (Å²) in [6.07, 6.45) is 0. The molecular weight excluding hydrogens is 306 g/mol. The van der Waals surface area contributed by atoms with Gasteiger partial charge in [-0.1, -0.05) is 30.3 Å². The first-order valence-corrected chi connectivity index (χ1v) is 6.64. The zero-order valence-electron chi connectivity index (χ0n) is 10.5. The van der Waals surface area contributed by atoms with Crippen molar-refractivity contribution in [3.8, 4) is 5.75 Å². The largest absolute Gasteiger partial charge is 0.488 e. The van der Waals surface area contributed by atoms with E-state index >= 15 is 0 Å². The van der Waals surface area contributed by atoms with E-state index in [4.69, 9.17) is 10.5 Å². The lowest BCUT2D eigenvalue weighted by Gasteiger charge is -2.12. The van der Waals surface area contributed by atoms with Crippen LogP contribution in [0.5, 0.6) is 5.75 Å². The molecule has 0 fully saturated rings. The number of ketones is 1. The van der Waals surface area contributed by atoms with Gasteiger partial charge in [0.05, 0.1) is 10.2 Å². The second kappa shape index (κ2) is 5.89. The summed E-state index contributed by atoms with van der Waals surface area (Å²) in [5, 5.41) is 0. The van der Waals surface area contributed by atoms with Crippen molar-refractivity contribution in [1.82, 2.24) is 0 Å². The van der Waals surface area contributed by atoms with Gasteiger partial charge in [0.25, 0.3) is 0 Å². The van der Waals surface area contributed by atoms with Gasteiger partial charge in [-0.15, -0.1) is 0 Å². The Hall–Kier alpha value is -1.81. The van der Waals surface area contributed by atoms with Crippen LogP contribution in [0.4, 0.5) is 5.69 Å². The standard InChI is InChI=1S/C15H14BrNO2/c1-10(18)12-7-8-13(14(16)15(12)17)19-9-11-5-3-2-4-6-11/h2-8H,9,17H2,1H3. The summed E-state index contributed by atoms with van der Waals surface area (Å²) in [4.78, 5) is 11.4. The molecule has 19 heavy (non-hydrogen) atoms. The number of halogens is 1. The smallest absolute Gasteiger partial charge is 0.161 e. The monoisotopic (exact) mass is 319 g/mol. The highest BCUT2D eigenvalue weighted by Crippen LogP contribution is 2.34.